The lowest BCUT2D eigenvalue weighted by molar-refractivity contribution is -0.137. The van der Waals surface area contributed by atoms with Crippen LogP contribution in [0.3, 0.4) is 0 Å². The molecule has 0 radical (unpaired) electrons. The number of hydrogen-bond acceptors (Lipinski definition) is 7. The summed E-state index contributed by atoms with van der Waals surface area (Å²) in [7, 11) is 5.42. The van der Waals surface area contributed by atoms with Gasteiger partial charge in [-0.1, -0.05) is 55.8 Å². The number of halogens is 2. The van der Waals surface area contributed by atoms with Crippen LogP contribution in [0.5, 0.6) is 0 Å². The zero-order chi connectivity index (χ0) is 34.1. The van der Waals surface area contributed by atoms with Gasteiger partial charge in [-0.15, -0.1) is 0 Å². The number of rotatable bonds is 2. The maximum atomic E-state index is 13.5. The first-order chi connectivity index (χ1) is 23.0. The number of carbonyl (C=O) groups excluding carboxylic acids is 2. The van der Waals surface area contributed by atoms with Gasteiger partial charge >= 0.3 is 0 Å². The molecule has 12 heteroatoms. The van der Waals surface area contributed by atoms with Crippen LogP contribution >= 0.6 is 55.8 Å². The van der Waals surface area contributed by atoms with E-state index in [0.29, 0.717) is 17.3 Å². The van der Waals surface area contributed by atoms with E-state index in [1.807, 2.05) is 13.3 Å². The van der Waals surface area contributed by atoms with Gasteiger partial charge in [-0.3, -0.25) is 14.5 Å². The summed E-state index contributed by atoms with van der Waals surface area (Å²) in [6.45, 7) is 0. The van der Waals surface area contributed by atoms with Crippen LogP contribution in [0.4, 0.5) is 0 Å². The fourth-order valence-electron chi connectivity index (χ4n) is 9.82. The minimum absolute atomic E-state index is 0.00443. The lowest BCUT2D eigenvalue weighted by Gasteiger charge is -2.46. The molecule has 2 N–H and O–H groups in total. The number of benzene rings is 2. The number of thioether (sulfide) groups is 1. The molecule has 2 atom stereocenters. The summed E-state index contributed by atoms with van der Waals surface area (Å²) in [6.07, 6.45) is 12.2. The number of aliphatic imine (C=N–C) groups is 1. The van der Waals surface area contributed by atoms with E-state index in [-0.39, 0.29) is 22.6 Å². The predicted octanol–water partition coefficient (Wildman–Crippen LogP) is 6.75. The topological polar surface area (TPSA) is 92.3 Å². The average Bonchev–Trinajstić information content (AvgIpc) is 3.72. The molecule has 2 heterocycles. The highest BCUT2D eigenvalue weighted by atomic mass is 79.9. The number of methoxy groups -OCH3 is 2. The van der Waals surface area contributed by atoms with Crippen LogP contribution in [0, 0.1) is 10.8 Å². The molecule has 2 amide bonds. The van der Waals surface area contributed by atoms with E-state index >= 15 is 0 Å². The number of ether oxygens (including phenoxy) is 2. The molecule has 48 heavy (non-hydrogen) atoms. The summed E-state index contributed by atoms with van der Waals surface area (Å²) in [5, 5.41) is 7.47. The highest BCUT2D eigenvalue weighted by Gasteiger charge is 2.67. The molecule has 0 bridgehead atoms. The van der Waals surface area contributed by atoms with Crippen molar-refractivity contribution >= 4 is 77.9 Å². The summed E-state index contributed by atoms with van der Waals surface area (Å²) in [6, 6.07) is 12.6. The Morgan fingerprint density at radius 2 is 1.40 bits per heavy atom. The second kappa shape index (κ2) is 12.7. The maximum absolute atomic E-state index is 13.5. The van der Waals surface area contributed by atoms with Crippen LogP contribution in [0.25, 0.3) is 0 Å². The third kappa shape index (κ3) is 5.01. The number of amides is 2. The number of likely N-dealkylation sites (N-methyl/N-ethyl adjacent to an activating group) is 1. The first-order valence-electron chi connectivity index (χ1n) is 16.7. The average molecular weight is 819 g/mol. The fraction of sp³-hybridized carbons (Fsp3) is 0.556. The van der Waals surface area contributed by atoms with Crippen molar-refractivity contribution < 1.29 is 19.1 Å². The van der Waals surface area contributed by atoms with Crippen molar-refractivity contribution in [3.63, 3.8) is 0 Å². The molecule has 4 aliphatic carbocycles. The smallest absolute Gasteiger partial charge is 0.261 e. The number of nitrogens with zero attached hydrogens (tertiary/aromatic N) is 2. The first kappa shape index (κ1) is 34.6. The molecular weight excluding hydrogens is 776 g/mol. The Bertz CT molecular complexity index is 1700. The predicted molar refractivity (Wildman–Crippen MR) is 200 cm³/mol. The van der Waals surface area contributed by atoms with Gasteiger partial charge in [0.1, 0.15) is 0 Å². The van der Waals surface area contributed by atoms with Crippen LogP contribution in [-0.2, 0) is 43.0 Å². The van der Waals surface area contributed by atoms with Gasteiger partial charge in [0.25, 0.3) is 11.8 Å². The van der Waals surface area contributed by atoms with Gasteiger partial charge in [-0.05, 0) is 129 Å². The second-order valence-electron chi connectivity index (χ2n) is 14.2. The van der Waals surface area contributed by atoms with Crippen LogP contribution in [0.15, 0.2) is 50.3 Å². The number of fused-ring (bicyclic) bond motifs is 6. The molecule has 2 aliphatic heterocycles. The van der Waals surface area contributed by atoms with Gasteiger partial charge in [-0.25, -0.2) is 4.99 Å². The first-order valence-corrected chi connectivity index (χ1v) is 19.9. The van der Waals surface area contributed by atoms with Crippen molar-refractivity contribution in [1.29, 1.82) is 0 Å². The molecule has 2 aromatic carbocycles. The zero-order valence-electron chi connectivity index (χ0n) is 27.8. The molecule has 2 unspecified atom stereocenters. The quantitative estimate of drug-likeness (QED) is 0.325. The molecule has 3 fully saturated rings. The van der Waals surface area contributed by atoms with Crippen LogP contribution < -0.4 is 10.6 Å². The van der Waals surface area contributed by atoms with E-state index in [1.54, 1.807) is 30.9 Å². The van der Waals surface area contributed by atoms with E-state index in [2.05, 4.69) is 78.9 Å². The number of thiocarbonyl (C=S) groups is 1. The second-order valence-corrected chi connectivity index (χ2v) is 17.2. The molecule has 6 aliphatic rings. The Balaban J connectivity index is 0.000000152. The Hall–Kier alpha value is -1.83. The van der Waals surface area contributed by atoms with E-state index in [4.69, 9.17) is 26.7 Å². The largest absolute Gasteiger partial charge is 0.381 e. The van der Waals surface area contributed by atoms with Crippen molar-refractivity contribution in [2.24, 2.45) is 15.8 Å². The highest BCUT2D eigenvalue weighted by molar-refractivity contribution is 9.10. The van der Waals surface area contributed by atoms with E-state index < -0.39 is 11.1 Å². The van der Waals surface area contributed by atoms with E-state index in [9.17, 15) is 9.59 Å². The molecular formula is C36H42Br2N4O4S2. The van der Waals surface area contributed by atoms with Gasteiger partial charge in [0.2, 0.25) is 0 Å². The van der Waals surface area contributed by atoms with Crippen molar-refractivity contribution in [2.75, 3.05) is 27.5 Å². The molecule has 2 aromatic rings. The highest BCUT2D eigenvalue weighted by Crippen LogP contribution is 2.63. The Morgan fingerprint density at radius 1 is 0.875 bits per heavy atom. The zero-order valence-corrected chi connectivity index (χ0v) is 32.6. The van der Waals surface area contributed by atoms with Gasteiger partial charge in [0, 0.05) is 41.0 Å². The monoisotopic (exact) mass is 816 g/mol. The van der Waals surface area contributed by atoms with E-state index in [0.717, 1.165) is 89.4 Å². The molecule has 2 saturated carbocycles. The number of amidine groups is 1. The molecule has 4 spiro atoms. The minimum Gasteiger partial charge on any atom is -0.381 e. The van der Waals surface area contributed by atoms with Crippen LogP contribution in [0.1, 0.15) is 73.6 Å². The summed E-state index contributed by atoms with van der Waals surface area (Å²) in [5.74, 6) is 0.125. The molecule has 8 nitrogen and oxygen atoms in total. The lowest BCUT2D eigenvalue weighted by Crippen LogP contribution is -2.56. The number of carbonyl (C=O) groups is 2. The maximum Gasteiger partial charge on any atom is 0.261 e. The normalized spacial score (nSPS) is 34.8. The minimum atomic E-state index is -0.766. The third-order valence-electron chi connectivity index (χ3n) is 12.2. The van der Waals surface area contributed by atoms with Crippen molar-refractivity contribution in [3.05, 3.63) is 67.6 Å². The lowest BCUT2D eigenvalue weighted by atomic mass is 9.61. The summed E-state index contributed by atoms with van der Waals surface area (Å²) in [4.78, 5) is 33.4. The molecule has 0 aromatic heterocycles. The summed E-state index contributed by atoms with van der Waals surface area (Å²) < 4.78 is 13.1. The fourth-order valence-corrected chi connectivity index (χ4v) is 11.4. The standard InChI is InChI=1S/C19H23BrN2O2S.C17H19BrN2O2S/c1-22-16(23)19(21-17(22)25-3)15-10-13(20)5-4-12(15)11-18(19)8-6-14(24-2)7-9-18;1-22-12-4-6-16(7-5-12)9-10-2-3-11(18)8-13(10)17(16)14(21)19-15(23)20-17/h4-5,10,14H,6-9,11H2,1-3H3;2-3,8,12H,4-7,9H2,1H3,(H2,19,20,21,23). The van der Waals surface area contributed by atoms with Gasteiger partial charge in [0.15, 0.2) is 21.4 Å². The Morgan fingerprint density at radius 3 is 1.90 bits per heavy atom. The van der Waals surface area contributed by atoms with Crippen molar-refractivity contribution in [1.82, 2.24) is 15.5 Å². The Labute approximate surface area is 309 Å². The molecule has 8 rings (SSSR count). The Kier molecular flexibility index (Phi) is 9.19. The molecule has 256 valence electrons. The molecule has 1 saturated heterocycles. The van der Waals surface area contributed by atoms with Gasteiger partial charge < -0.3 is 20.1 Å². The van der Waals surface area contributed by atoms with Crippen molar-refractivity contribution in [3.8, 4) is 0 Å². The van der Waals surface area contributed by atoms with Crippen LogP contribution in [-0.4, -0.2) is 66.7 Å². The van der Waals surface area contributed by atoms with Gasteiger partial charge in [0.05, 0.1) is 12.2 Å². The number of hydrogen-bond donors (Lipinski definition) is 2. The summed E-state index contributed by atoms with van der Waals surface area (Å²) >= 11 is 14.0. The van der Waals surface area contributed by atoms with Crippen molar-refractivity contribution in [2.45, 2.75) is 87.5 Å². The summed E-state index contributed by atoms with van der Waals surface area (Å²) in [5.41, 5.74) is 2.92. The van der Waals surface area contributed by atoms with E-state index in [1.165, 1.54) is 11.1 Å². The van der Waals surface area contributed by atoms with Crippen LogP contribution in [0.2, 0.25) is 0 Å². The SMILES string of the molecule is COC1CCC2(CC1)Cc1ccc(Br)cc1C21N=C(SC)N(C)C1=O.COC1CCC2(CC1)Cc1ccc(Br)cc1C21NC(=S)NC1=O. The number of nitrogens with one attached hydrogen (secondary N) is 2. The van der Waals surface area contributed by atoms with Gasteiger partial charge in [-0.2, -0.15) is 0 Å². The third-order valence-corrected chi connectivity index (χ3v) is 14.1.